The van der Waals surface area contributed by atoms with Gasteiger partial charge in [-0.05, 0) is 30.7 Å². The first kappa shape index (κ1) is 12.1. The van der Waals surface area contributed by atoms with Crippen molar-refractivity contribution in [1.29, 1.82) is 0 Å². The summed E-state index contributed by atoms with van der Waals surface area (Å²) in [6, 6.07) is 4.47. The van der Waals surface area contributed by atoms with Crippen LogP contribution in [0, 0.1) is 12.7 Å². The molecule has 0 N–H and O–H groups in total. The van der Waals surface area contributed by atoms with E-state index in [9.17, 15) is 4.39 Å². The Morgan fingerprint density at radius 1 is 1.29 bits per heavy atom. The first-order chi connectivity index (χ1) is 8.08. The van der Waals surface area contributed by atoms with Crippen LogP contribution in [0.3, 0.4) is 0 Å². The lowest BCUT2D eigenvalue weighted by Crippen LogP contribution is -1.95. The number of aromatic nitrogens is 2. The van der Waals surface area contributed by atoms with Crippen molar-refractivity contribution in [3.05, 3.63) is 46.1 Å². The monoisotopic (exact) mass is 272 g/mol. The van der Waals surface area contributed by atoms with Crippen molar-refractivity contribution in [2.75, 3.05) is 0 Å². The zero-order valence-corrected chi connectivity index (χ0v) is 10.3. The molecule has 0 aliphatic heterocycles. The van der Waals surface area contributed by atoms with Crippen molar-refractivity contribution in [1.82, 2.24) is 9.97 Å². The summed E-state index contributed by atoms with van der Waals surface area (Å²) in [4.78, 5) is 7.64. The van der Waals surface area contributed by atoms with Crippen LogP contribution >= 0.6 is 23.2 Å². The van der Waals surface area contributed by atoms with Crippen LogP contribution in [0.25, 0.3) is 0 Å². The smallest absolute Gasteiger partial charge is 0.226 e. The summed E-state index contributed by atoms with van der Waals surface area (Å²) in [6.07, 6.45) is 1.49. The summed E-state index contributed by atoms with van der Waals surface area (Å²) in [6.45, 7) is 1.73. The predicted molar refractivity (Wildman–Crippen MR) is 63.3 cm³/mol. The minimum Gasteiger partial charge on any atom is -0.435 e. The van der Waals surface area contributed by atoms with E-state index in [2.05, 4.69) is 9.97 Å². The van der Waals surface area contributed by atoms with Crippen LogP contribution in [0.1, 0.15) is 5.56 Å². The Kier molecular flexibility index (Phi) is 3.45. The molecule has 0 unspecified atom stereocenters. The molecule has 1 aromatic heterocycles. The molecule has 3 nitrogen and oxygen atoms in total. The number of halogens is 3. The van der Waals surface area contributed by atoms with Crippen LogP contribution in [0.2, 0.25) is 10.3 Å². The minimum absolute atomic E-state index is 0.00429. The molecule has 0 radical (unpaired) electrons. The van der Waals surface area contributed by atoms with E-state index in [1.54, 1.807) is 13.0 Å². The fourth-order valence-corrected chi connectivity index (χ4v) is 1.47. The molecule has 88 valence electrons. The highest BCUT2D eigenvalue weighted by atomic mass is 35.5. The second kappa shape index (κ2) is 4.85. The van der Waals surface area contributed by atoms with Gasteiger partial charge in [0.2, 0.25) is 11.2 Å². The van der Waals surface area contributed by atoms with Crippen LogP contribution in [-0.2, 0) is 0 Å². The van der Waals surface area contributed by atoms with E-state index in [-0.39, 0.29) is 21.9 Å². The van der Waals surface area contributed by atoms with Gasteiger partial charge in [0.05, 0.1) is 5.02 Å². The highest BCUT2D eigenvalue weighted by Crippen LogP contribution is 2.29. The molecule has 0 aliphatic carbocycles. The van der Waals surface area contributed by atoms with E-state index >= 15 is 0 Å². The van der Waals surface area contributed by atoms with E-state index in [1.165, 1.54) is 18.3 Å². The Balaban J connectivity index is 2.38. The maximum Gasteiger partial charge on any atom is 0.226 e. The fraction of sp³-hybridized carbons (Fsp3) is 0.0909. The van der Waals surface area contributed by atoms with Gasteiger partial charge in [-0.1, -0.05) is 17.7 Å². The maximum absolute atomic E-state index is 13.6. The minimum atomic E-state index is -0.636. The average molecular weight is 273 g/mol. The molecule has 2 rings (SSSR count). The highest BCUT2D eigenvalue weighted by Gasteiger charge is 2.11. The van der Waals surface area contributed by atoms with Gasteiger partial charge in [-0.2, -0.15) is 4.98 Å². The summed E-state index contributed by atoms with van der Waals surface area (Å²) in [5.74, 6) is -0.440. The van der Waals surface area contributed by atoms with Crippen molar-refractivity contribution in [2.24, 2.45) is 0 Å². The number of rotatable bonds is 2. The number of nitrogens with zero attached hydrogens (tertiary/aromatic N) is 2. The Morgan fingerprint density at radius 3 is 2.82 bits per heavy atom. The summed E-state index contributed by atoms with van der Waals surface area (Å²) >= 11 is 11.3. The Bertz CT molecular complexity index is 563. The Hall–Kier alpha value is -1.39. The van der Waals surface area contributed by atoms with Crippen molar-refractivity contribution in [2.45, 2.75) is 6.92 Å². The predicted octanol–water partition coefficient (Wildman–Crippen LogP) is 4.02. The van der Waals surface area contributed by atoms with E-state index in [4.69, 9.17) is 27.9 Å². The first-order valence-corrected chi connectivity index (χ1v) is 5.44. The van der Waals surface area contributed by atoms with Gasteiger partial charge in [0.15, 0.2) is 11.6 Å². The van der Waals surface area contributed by atoms with E-state index in [0.29, 0.717) is 5.56 Å². The molecular weight excluding hydrogens is 266 g/mol. The lowest BCUT2D eigenvalue weighted by atomic mass is 10.3. The van der Waals surface area contributed by atoms with Gasteiger partial charge in [0, 0.05) is 11.8 Å². The molecule has 2 aromatic rings. The van der Waals surface area contributed by atoms with Crippen LogP contribution in [0.4, 0.5) is 4.39 Å². The standard InChI is InChI=1S/C11H7Cl2FN2O/c1-6-5-15-11(13)16-10(6)17-8-4-2-3-7(12)9(8)14/h2-5H,1H3. The van der Waals surface area contributed by atoms with Crippen molar-refractivity contribution >= 4 is 23.2 Å². The van der Waals surface area contributed by atoms with E-state index in [1.807, 2.05) is 0 Å². The summed E-state index contributed by atoms with van der Waals surface area (Å²) in [5.41, 5.74) is 0.647. The largest absolute Gasteiger partial charge is 0.435 e. The van der Waals surface area contributed by atoms with Gasteiger partial charge in [0.1, 0.15) is 0 Å². The summed E-state index contributed by atoms with van der Waals surface area (Å²) in [5, 5.41) is 0.0216. The van der Waals surface area contributed by atoms with Gasteiger partial charge < -0.3 is 4.74 Å². The van der Waals surface area contributed by atoms with Gasteiger partial charge in [0.25, 0.3) is 0 Å². The van der Waals surface area contributed by atoms with Crippen LogP contribution < -0.4 is 4.74 Å². The van der Waals surface area contributed by atoms with Gasteiger partial charge in [-0.25, -0.2) is 9.37 Å². The molecule has 0 atom stereocenters. The molecule has 0 amide bonds. The quantitative estimate of drug-likeness (QED) is 0.775. The zero-order valence-electron chi connectivity index (χ0n) is 8.75. The van der Waals surface area contributed by atoms with Crippen LogP contribution in [-0.4, -0.2) is 9.97 Å². The van der Waals surface area contributed by atoms with E-state index < -0.39 is 5.82 Å². The molecular formula is C11H7Cl2FN2O. The van der Waals surface area contributed by atoms with Gasteiger partial charge in [-0.15, -0.1) is 0 Å². The second-order valence-corrected chi connectivity index (χ2v) is 4.03. The fourth-order valence-electron chi connectivity index (χ4n) is 1.18. The molecule has 0 bridgehead atoms. The summed E-state index contributed by atoms with van der Waals surface area (Å²) in [7, 11) is 0. The van der Waals surface area contributed by atoms with Crippen molar-refractivity contribution < 1.29 is 9.13 Å². The lowest BCUT2D eigenvalue weighted by molar-refractivity contribution is 0.423. The van der Waals surface area contributed by atoms with Crippen molar-refractivity contribution in [3.8, 4) is 11.6 Å². The first-order valence-electron chi connectivity index (χ1n) is 4.69. The lowest BCUT2D eigenvalue weighted by Gasteiger charge is -2.08. The molecule has 0 saturated heterocycles. The maximum atomic E-state index is 13.6. The van der Waals surface area contributed by atoms with Gasteiger partial charge >= 0.3 is 0 Å². The number of aryl methyl sites for hydroxylation is 1. The molecule has 0 aliphatic rings. The topological polar surface area (TPSA) is 35.0 Å². The SMILES string of the molecule is Cc1cnc(Cl)nc1Oc1cccc(Cl)c1F. The molecule has 1 aromatic carbocycles. The van der Waals surface area contributed by atoms with Crippen LogP contribution in [0.5, 0.6) is 11.6 Å². The third-order valence-corrected chi connectivity index (χ3v) is 2.49. The highest BCUT2D eigenvalue weighted by molar-refractivity contribution is 6.30. The van der Waals surface area contributed by atoms with E-state index in [0.717, 1.165) is 0 Å². The number of hydrogen-bond donors (Lipinski definition) is 0. The third kappa shape index (κ3) is 2.65. The second-order valence-electron chi connectivity index (χ2n) is 3.28. The third-order valence-electron chi connectivity index (χ3n) is 2.02. The molecule has 1 heterocycles. The number of benzene rings is 1. The average Bonchev–Trinajstić information content (AvgIpc) is 2.30. The summed E-state index contributed by atoms with van der Waals surface area (Å²) < 4.78 is 18.9. The zero-order chi connectivity index (χ0) is 12.4. The molecule has 0 saturated carbocycles. The molecule has 0 fully saturated rings. The van der Waals surface area contributed by atoms with Crippen molar-refractivity contribution in [3.63, 3.8) is 0 Å². The number of ether oxygens (including phenoxy) is 1. The Morgan fingerprint density at radius 2 is 2.06 bits per heavy atom. The Labute approximate surface area is 107 Å². The van der Waals surface area contributed by atoms with Crippen LogP contribution in [0.15, 0.2) is 24.4 Å². The normalized spacial score (nSPS) is 10.4. The molecule has 17 heavy (non-hydrogen) atoms. The number of hydrogen-bond acceptors (Lipinski definition) is 3. The molecule has 6 heteroatoms. The molecule has 0 spiro atoms. The van der Waals surface area contributed by atoms with Gasteiger partial charge in [-0.3, -0.25) is 0 Å².